The third-order valence-electron chi connectivity index (χ3n) is 4.54. The number of anilines is 2. The van der Waals surface area contributed by atoms with Crippen LogP contribution in [-0.2, 0) is 22.6 Å². The van der Waals surface area contributed by atoms with Gasteiger partial charge in [0.15, 0.2) is 5.69 Å². The van der Waals surface area contributed by atoms with Gasteiger partial charge in [0.1, 0.15) is 5.82 Å². The lowest BCUT2D eigenvalue weighted by atomic mass is 10.1. The lowest BCUT2D eigenvalue weighted by Crippen LogP contribution is -2.42. The molecule has 0 aliphatic carbocycles. The molecule has 0 radical (unpaired) electrons. The number of nitrogens with one attached hydrogen (secondary N) is 2. The molecule has 10 nitrogen and oxygen atoms in total. The normalized spacial score (nSPS) is 10.9. The second kappa shape index (κ2) is 10.6. The maximum atomic E-state index is 13.3. The number of aromatic nitrogens is 2. The van der Waals surface area contributed by atoms with Gasteiger partial charge in [0, 0.05) is 39.2 Å². The summed E-state index contributed by atoms with van der Waals surface area (Å²) in [5.41, 5.74) is 5.86. The molecule has 0 atom stereocenters. The van der Waals surface area contributed by atoms with Gasteiger partial charge in [0.05, 0.1) is 6.61 Å². The minimum Gasteiger partial charge on any atom is -0.383 e. The first-order valence-electron chi connectivity index (χ1n) is 9.92. The smallest absolute Gasteiger partial charge is 0.330 e. The van der Waals surface area contributed by atoms with Crippen LogP contribution in [0.3, 0.4) is 0 Å². The molecule has 4 N–H and O–H groups in total. The van der Waals surface area contributed by atoms with Crippen LogP contribution in [0.25, 0.3) is 0 Å². The number of nitrogens with two attached hydrogens (primary N) is 1. The van der Waals surface area contributed by atoms with Crippen molar-refractivity contribution < 1.29 is 14.3 Å². The SMILES string of the molecule is COCCN(C(=O)c1ccc(CNC(C)=O)cc1)c1c(N)n(CC(C)C)c(=O)[nH]c1=O. The zero-order valence-corrected chi connectivity index (χ0v) is 18.2. The summed E-state index contributed by atoms with van der Waals surface area (Å²) in [6.07, 6.45) is 0. The fourth-order valence-corrected chi connectivity index (χ4v) is 3.03. The molecular weight excluding hydrogens is 402 g/mol. The molecule has 0 saturated carbocycles. The first kappa shape index (κ1) is 23.9. The number of methoxy groups -OCH3 is 1. The van der Waals surface area contributed by atoms with Crippen LogP contribution in [0.15, 0.2) is 33.9 Å². The number of amides is 2. The Hall–Kier alpha value is -3.40. The van der Waals surface area contributed by atoms with E-state index in [4.69, 9.17) is 10.5 Å². The van der Waals surface area contributed by atoms with E-state index in [1.54, 1.807) is 24.3 Å². The van der Waals surface area contributed by atoms with Gasteiger partial charge in [-0.25, -0.2) is 4.79 Å². The van der Waals surface area contributed by atoms with Gasteiger partial charge >= 0.3 is 5.69 Å². The molecule has 0 bridgehead atoms. The fraction of sp³-hybridized carbons (Fsp3) is 0.429. The minimum absolute atomic E-state index is 0.0656. The van der Waals surface area contributed by atoms with Gasteiger partial charge in [0.25, 0.3) is 11.5 Å². The first-order valence-corrected chi connectivity index (χ1v) is 9.92. The second-order valence-electron chi connectivity index (χ2n) is 7.55. The Bertz CT molecular complexity index is 1040. The third-order valence-corrected chi connectivity index (χ3v) is 4.54. The Morgan fingerprint density at radius 1 is 1.23 bits per heavy atom. The molecule has 0 fully saturated rings. The van der Waals surface area contributed by atoms with Gasteiger partial charge in [-0.2, -0.15) is 0 Å². The first-order chi connectivity index (χ1) is 14.6. The number of ether oxygens (including phenoxy) is 1. The van der Waals surface area contributed by atoms with Crippen LogP contribution >= 0.6 is 0 Å². The van der Waals surface area contributed by atoms with E-state index in [1.807, 2.05) is 13.8 Å². The Balaban J connectivity index is 2.46. The molecule has 0 aliphatic heterocycles. The summed E-state index contributed by atoms with van der Waals surface area (Å²) in [4.78, 5) is 52.7. The maximum absolute atomic E-state index is 13.3. The van der Waals surface area contributed by atoms with E-state index in [1.165, 1.54) is 23.5 Å². The molecule has 168 valence electrons. The Morgan fingerprint density at radius 3 is 2.42 bits per heavy atom. The number of nitrogens with zero attached hydrogens (tertiary/aromatic N) is 2. The number of hydrogen-bond acceptors (Lipinski definition) is 6. The second-order valence-corrected chi connectivity index (χ2v) is 7.55. The monoisotopic (exact) mass is 431 g/mol. The largest absolute Gasteiger partial charge is 0.383 e. The van der Waals surface area contributed by atoms with Crippen molar-refractivity contribution in [3.8, 4) is 0 Å². The maximum Gasteiger partial charge on any atom is 0.330 e. The number of carbonyl (C=O) groups is 2. The molecule has 2 aromatic rings. The van der Waals surface area contributed by atoms with Crippen molar-refractivity contribution in [3.05, 3.63) is 56.2 Å². The number of H-pyrrole nitrogens is 1. The van der Waals surface area contributed by atoms with E-state index < -0.39 is 17.2 Å². The van der Waals surface area contributed by atoms with Gasteiger partial charge in [-0.3, -0.25) is 28.8 Å². The average molecular weight is 431 g/mol. The van der Waals surface area contributed by atoms with Gasteiger partial charge in [-0.1, -0.05) is 26.0 Å². The van der Waals surface area contributed by atoms with Crippen LogP contribution < -0.4 is 27.2 Å². The molecule has 10 heteroatoms. The standard InChI is InChI=1S/C21H29N5O5/c1-13(2)12-26-18(22)17(19(28)24-21(26)30)25(9-10-31-4)20(29)16-7-5-15(6-8-16)11-23-14(3)27/h5-8,13H,9-12,22H2,1-4H3,(H,23,27)(H,24,28,30). The minimum atomic E-state index is -0.741. The topological polar surface area (TPSA) is 140 Å². The molecule has 0 spiro atoms. The average Bonchev–Trinajstić information content (AvgIpc) is 2.71. The van der Waals surface area contributed by atoms with Crippen molar-refractivity contribution in [1.29, 1.82) is 0 Å². The van der Waals surface area contributed by atoms with Crippen LogP contribution in [0.5, 0.6) is 0 Å². The van der Waals surface area contributed by atoms with E-state index in [0.29, 0.717) is 18.7 Å². The molecule has 0 unspecified atom stereocenters. The van der Waals surface area contributed by atoms with Gasteiger partial charge in [-0.15, -0.1) is 0 Å². The van der Waals surface area contributed by atoms with Crippen LogP contribution in [0.4, 0.5) is 11.5 Å². The van der Waals surface area contributed by atoms with E-state index in [-0.39, 0.29) is 36.5 Å². The molecule has 2 rings (SSSR count). The number of benzene rings is 1. The van der Waals surface area contributed by atoms with Gasteiger partial charge in [-0.05, 0) is 23.6 Å². The predicted molar refractivity (Wildman–Crippen MR) is 118 cm³/mol. The Kier molecular flexibility index (Phi) is 8.14. The van der Waals surface area contributed by atoms with Crippen LogP contribution in [-0.4, -0.2) is 41.6 Å². The van der Waals surface area contributed by atoms with Crippen LogP contribution in [0.1, 0.15) is 36.7 Å². The van der Waals surface area contributed by atoms with E-state index in [2.05, 4.69) is 10.3 Å². The Morgan fingerprint density at radius 2 is 1.87 bits per heavy atom. The molecule has 1 aromatic carbocycles. The summed E-state index contributed by atoms with van der Waals surface area (Å²) < 4.78 is 6.35. The summed E-state index contributed by atoms with van der Waals surface area (Å²) in [6, 6.07) is 6.64. The van der Waals surface area contributed by atoms with Crippen LogP contribution in [0, 0.1) is 5.92 Å². The lowest BCUT2D eigenvalue weighted by Gasteiger charge is -2.25. The lowest BCUT2D eigenvalue weighted by molar-refractivity contribution is -0.119. The van der Waals surface area contributed by atoms with Crippen molar-refractivity contribution in [3.63, 3.8) is 0 Å². The Labute approximate surface area is 180 Å². The number of nitrogen functional groups attached to an aromatic ring is 1. The van der Waals surface area contributed by atoms with E-state index >= 15 is 0 Å². The van der Waals surface area contributed by atoms with E-state index in [9.17, 15) is 19.2 Å². The highest BCUT2D eigenvalue weighted by Crippen LogP contribution is 2.20. The summed E-state index contributed by atoms with van der Waals surface area (Å²) in [7, 11) is 1.48. The van der Waals surface area contributed by atoms with Crippen molar-refractivity contribution in [2.75, 3.05) is 30.9 Å². The van der Waals surface area contributed by atoms with Gasteiger partial charge < -0.3 is 15.8 Å². The molecule has 1 aromatic heterocycles. The summed E-state index contributed by atoms with van der Waals surface area (Å²) in [6.45, 7) is 6.10. The number of rotatable bonds is 9. The molecular formula is C21H29N5O5. The highest BCUT2D eigenvalue weighted by molar-refractivity contribution is 6.07. The highest BCUT2D eigenvalue weighted by atomic mass is 16.5. The fourth-order valence-electron chi connectivity index (χ4n) is 3.03. The summed E-state index contributed by atoms with van der Waals surface area (Å²) in [5, 5.41) is 2.68. The predicted octanol–water partition coefficient (Wildman–Crippen LogP) is 0.704. The highest BCUT2D eigenvalue weighted by Gasteiger charge is 2.25. The van der Waals surface area contributed by atoms with Crippen molar-refractivity contribution in [2.24, 2.45) is 5.92 Å². The van der Waals surface area contributed by atoms with Crippen molar-refractivity contribution in [2.45, 2.75) is 33.9 Å². The zero-order chi connectivity index (χ0) is 23.1. The molecule has 0 saturated heterocycles. The summed E-state index contributed by atoms with van der Waals surface area (Å²) in [5.74, 6) is -0.598. The van der Waals surface area contributed by atoms with Crippen LogP contribution in [0.2, 0.25) is 0 Å². The van der Waals surface area contributed by atoms with Crippen molar-refractivity contribution >= 4 is 23.3 Å². The molecule has 31 heavy (non-hydrogen) atoms. The molecule has 0 aliphatic rings. The molecule has 2 amide bonds. The molecule has 1 heterocycles. The number of carbonyl (C=O) groups excluding carboxylic acids is 2. The third kappa shape index (κ3) is 6.05. The number of aromatic amines is 1. The quantitative estimate of drug-likeness (QED) is 0.534. The zero-order valence-electron chi connectivity index (χ0n) is 18.2. The van der Waals surface area contributed by atoms with E-state index in [0.717, 1.165) is 5.56 Å². The van der Waals surface area contributed by atoms with Gasteiger partial charge in [0.2, 0.25) is 5.91 Å². The number of hydrogen-bond donors (Lipinski definition) is 3. The van der Waals surface area contributed by atoms with Crippen molar-refractivity contribution in [1.82, 2.24) is 14.9 Å². The summed E-state index contributed by atoms with van der Waals surface area (Å²) >= 11 is 0.